The Morgan fingerprint density at radius 3 is 2.70 bits per heavy atom. The van der Waals surface area contributed by atoms with Crippen LogP contribution in [0.3, 0.4) is 0 Å². The van der Waals surface area contributed by atoms with Gasteiger partial charge in [0, 0.05) is 44.0 Å². The Hall–Kier alpha value is -3.75. The number of rotatable bonds is 5. The highest BCUT2D eigenvalue weighted by molar-refractivity contribution is 5.95. The van der Waals surface area contributed by atoms with Gasteiger partial charge in [-0.2, -0.15) is 5.10 Å². The Kier molecular flexibility index (Phi) is 5.98. The fourth-order valence-corrected chi connectivity index (χ4v) is 3.34. The van der Waals surface area contributed by atoms with Crippen molar-refractivity contribution in [3.05, 3.63) is 60.4 Å². The quantitative estimate of drug-likeness (QED) is 0.686. The number of amides is 2. The molecule has 0 unspecified atom stereocenters. The minimum Gasteiger partial charge on any atom is -0.355 e. The molecule has 0 atom stereocenters. The molecule has 0 spiro atoms. The van der Waals surface area contributed by atoms with Crippen LogP contribution in [0.2, 0.25) is 0 Å². The molecule has 2 aromatic heterocycles. The second-order valence-electron chi connectivity index (χ2n) is 6.93. The molecule has 1 aromatic carbocycles. The number of hydrogen-bond donors (Lipinski definition) is 1. The molecule has 4 rings (SSSR count). The van der Waals surface area contributed by atoms with Crippen LogP contribution in [0.25, 0.3) is 11.3 Å². The minimum atomic E-state index is -0.440. The summed E-state index contributed by atoms with van der Waals surface area (Å²) < 4.78 is 5.24. The van der Waals surface area contributed by atoms with E-state index in [-0.39, 0.29) is 18.1 Å². The third kappa shape index (κ3) is 4.62. The number of nitrogens with one attached hydrogen (secondary N) is 1. The molecular formula is C21H22N6O3. The molecular weight excluding hydrogens is 384 g/mol. The van der Waals surface area contributed by atoms with Crippen LogP contribution < -0.4 is 10.2 Å². The SMILES string of the molecule is O=C(NCC(=O)N1CCCN(c2cccnn2)CC1)c1cc(-c2ccccc2)on1. The maximum Gasteiger partial charge on any atom is 0.273 e. The molecule has 9 nitrogen and oxygen atoms in total. The fraction of sp³-hybridized carbons (Fsp3) is 0.286. The lowest BCUT2D eigenvalue weighted by molar-refractivity contribution is -0.129. The topological polar surface area (TPSA) is 104 Å². The van der Waals surface area contributed by atoms with Crippen molar-refractivity contribution in [2.75, 3.05) is 37.6 Å². The van der Waals surface area contributed by atoms with Crippen LogP contribution in [0.1, 0.15) is 16.9 Å². The molecule has 0 aliphatic carbocycles. The van der Waals surface area contributed by atoms with Crippen molar-refractivity contribution in [1.82, 2.24) is 25.6 Å². The van der Waals surface area contributed by atoms with Gasteiger partial charge in [-0.15, -0.1) is 5.10 Å². The lowest BCUT2D eigenvalue weighted by Crippen LogP contribution is -2.42. The summed E-state index contributed by atoms with van der Waals surface area (Å²) in [7, 11) is 0. The number of anilines is 1. The molecule has 154 valence electrons. The summed E-state index contributed by atoms with van der Waals surface area (Å²) in [5.74, 6) is 0.741. The summed E-state index contributed by atoms with van der Waals surface area (Å²) in [6.45, 7) is 2.58. The zero-order valence-electron chi connectivity index (χ0n) is 16.4. The molecule has 3 heterocycles. The zero-order chi connectivity index (χ0) is 20.8. The summed E-state index contributed by atoms with van der Waals surface area (Å²) in [4.78, 5) is 28.8. The van der Waals surface area contributed by atoms with Crippen LogP contribution >= 0.6 is 0 Å². The molecule has 1 N–H and O–H groups in total. The second kappa shape index (κ2) is 9.17. The van der Waals surface area contributed by atoms with Gasteiger partial charge in [0.25, 0.3) is 5.91 Å². The van der Waals surface area contributed by atoms with Gasteiger partial charge in [0.15, 0.2) is 17.3 Å². The van der Waals surface area contributed by atoms with Gasteiger partial charge in [-0.25, -0.2) is 0 Å². The molecule has 0 saturated carbocycles. The average molecular weight is 406 g/mol. The van der Waals surface area contributed by atoms with E-state index in [4.69, 9.17) is 4.52 Å². The highest BCUT2D eigenvalue weighted by atomic mass is 16.5. The van der Waals surface area contributed by atoms with Crippen LogP contribution in [0.5, 0.6) is 0 Å². The molecule has 1 saturated heterocycles. The van der Waals surface area contributed by atoms with Crippen molar-refractivity contribution >= 4 is 17.6 Å². The highest BCUT2D eigenvalue weighted by Crippen LogP contribution is 2.19. The van der Waals surface area contributed by atoms with E-state index in [9.17, 15) is 9.59 Å². The molecule has 30 heavy (non-hydrogen) atoms. The van der Waals surface area contributed by atoms with E-state index >= 15 is 0 Å². The smallest absolute Gasteiger partial charge is 0.273 e. The largest absolute Gasteiger partial charge is 0.355 e. The molecule has 9 heteroatoms. The predicted octanol–water partition coefficient (Wildman–Crippen LogP) is 1.60. The number of hydrogen-bond acceptors (Lipinski definition) is 7. The van der Waals surface area contributed by atoms with Crippen molar-refractivity contribution < 1.29 is 14.1 Å². The fourth-order valence-electron chi connectivity index (χ4n) is 3.34. The summed E-state index contributed by atoms with van der Waals surface area (Å²) in [5, 5.41) is 14.5. The van der Waals surface area contributed by atoms with E-state index in [1.165, 1.54) is 0 Å². The Morgan fingerprint density at radius 2 is 1.90 bits per heavy atom. The van der Waals surface area contributed by atoms with Crippen molar-refractivity contribution in [1.29, 1.82) is 0 Å². The number of benzene rings is 1. The number of carbonyl (C=O) groups excluding carboxylic acids is 2. The third-order valence-electron chi connectivity index (χ3n) is 4.93. The van der Waals surface area contributed by atoms with E-state index in [1.54, 1.807) is 17.2 Å². The van der Waals surface area contributed by atoms with Crippen molar-refractivity contribution in [3.63, 3.8) is 0 Å². The van der Waals surface area contributed by atoms with Gasteiger partial charge in [0.2, 0.25) is 5.91 Å². The van der Waals surface area contributed by atoms with Gasteiger partial charge in [0.1, 0.15) is 0 Å². The van der Waals surface area contributed by atoms with Crippen LogP contribution in [0.15, 0.2) is 59.3 Å². The van der Waals surface area contributed by atoms with E-state index < -0.39 is 5.91 Å². The molecule has 0 radical (unpaired) electrons. The maximum absolute atomic E-state index is 12.6. The van der Waals surface area contributed by atoms with E-state index in [1.807, 2.05) is 42.5 Å². The normalized spacial score (nSPS) is 14.3. The maximum atomic E-state index is 12.6. The van der Waals surface area contributed by atoms with E-state index in [2.05, 4.69) is 25.6 Å². The van der Waals surface area contributed by atoms with Gasteiger partial charge >= 0.3 is 0 Å². The number of carbonyl (C=O) groups is 2. The molecule has 1 aliphatic rings. The van der Waals surface area contributed by atoms with Gasteiger partial charge in [-0.1, -0.05) is 35.5 Å². The minimum absolute atomic E-state index is 0.0858. The van der Waals surface area contributed by atoms with Crippen molar-refractivity contribution in [2.24, 2.45) is 0 Å². The average Bonchev–Trinajstić information content (AvgIpc) is 3.16. The first-order valence-corrected chi connectivity index (χ1v) is 9.81. The van der Waals surface area contributed by atoms with Crippen LogP contribution in [-0.4, -0.2) is 64.8 Å². The lowest BCUT2D eigenvalue weighted by atomic mass is 10.1. The van der Waals surface area contributed by atoms with Gasteiger partial charge < -0.3 is 19.6 Å². The van der Waals surface area contributed by atoms with Crippen LogP contribution in [0, 0.1) is 0 Å². The Morgan fingerprint density at radius 1 is 1.03 bits per heavy atom. The van der Waals surface area contributed by atoms with Gasteiger partial charge in [0.05, 0.1) is 6.54 Å². The summed E-state index contributed by atoms with van der Waals surface area (Å²) >= 11 is 0. The van der Waals surface area contributed by atoms with Crippen LogP contribution in [0.4, 0.5) is 5.82 Å². The highest BCUT2D eigenvalue weighted by Gasteiger charge is 2.21. The Labute approximate surface area is 173 Å². The van der Waals surface area contributed by atoms with Crippen molar-refractivity contribution in [2.45, 2.75) is 6.42 Å². The first-order valence-electron chi connectivity index (χ1n) is 9.81. The predicted molar refractivity (Wildman–Crippen MR) is 110 cm³/mol. The molecule has 1 fully saturated rings. The second-order valence-corrected chi connectivity index (χ2v) is 6.93. The molecule has 2 amide bonds. The third-order valence-corrected chi connectivity index (χ3v) is 4.93. The summed E-state index contributed by atoms with van der Waals surface area (Å²) in [5.41, 5.74) is 0.976. The summed E-state index contributed by atoms with van der Waals surface area (Å²) in [6.07, 6.45) is 2.46. The molecule has 3 aromatic rings. The molecule has 0 bridgehead atoms. The van der Waals surface area contributed by atoms with Crippen LogP contribution in [-0.2, 0) is 4.79 Å². The zero-order valence-corrected chi connectivity index (χ0v) is 16.4. The summed E-state index contributed by atoms with van der Waals surface area (Å²) in [6, 6.07) is 14.7. The standard InChI is InChI=1S/C21H22N6O3/c28-20(27-11-5-10-26(12-13-27)19-8-4-9-23-24-19)15-22-21(29)17-14-18(30-25-17)16-6-2-1-3-7-16/h1-4,6-9,14H,5,10-13,15H2,(H,22,29). The van der Waals surface area contributed by atoms with Gasteiger partial charge in [-0.05, 0) is 18.6 Å². The monoisotopic (exact) mass is 406 g/mol. The first kappa shape index (κ1) is 19.6. The Bertz CT molecular complexity index is 992. The van der Waals surface area contributed by atoms with E-state index in [0.717, 1.165) is 24.3 Å². The van der Waals surface area contributed by atoms with Crippen molar-refractivity contribution in [3.8, 4) is 11.3 Å². The lowest BCUT2D eigenvalue weighted by Gasteiger charge is -2.22. The Balaban J connectivity index is 1.29. The number of nitrogens with zero attached hydrogens (tertiary/aromatic N) is 5. The number of aromatic nitrogens is 3. The van der Waals surface area contributed by atoms with Gasteiger partial charge in [-0.3, -0.25) is 9.59 Å². The first-order chi connectivity index (χ1) is 14.7. The van der Waals surface area contributed by atoms with E-state index in [0.29, 0.717) is 25.4 Å². The molecule has 1 aliphatic heterocycles.